The van der Waals surface area contributed by atoms with Crippen LogP contribution in [0.1, 0.15) is 193 Å². The first-order valence-electron chi connectivity index (χ1n) is 32.2. The Morgan fingerprint density at radius 3 is 1.25 bits per heavy atom. The SMILES string of the molecule is C.CC(C)(C)OC(=O)N1CCc2c(C(=O)N3CCC(c4cc(F)ccc4C(F)(F)F)CC3)n[nH]c2C1.CC(C)(C)OC(=O)N1CCc2cn[nH]c2C1.Cl.Cl.Fc1ccc(C(F)(F)F)c(C2CCNCC2)c1.O=C(c1n[nH]c2c1CCNC2)N1CCC(c2cc(F)ccc2C(F)(F)F)CC1.O=C=O. The summed E-state index contributed by atoms with van der Waals surface area (Å²) in [5.74, 6) is -3.64. The predicted molar refractivity (Wildman–Crippen MR) is 353 cm³/mol. The molecule has 3 aromatic carbocycles. The van der Waals surface area contributed by atoms with Gasteiger partial charge in [0.25, 0.3) is 11.8 Å². The Labute approximate surface area is 593 Å². The number of carbonyl (C=O) groups excluding carboxylic acids is 6. The van der Waals surface area contributed by atoms with Gasteiger partial charge in [0, 0.05) is 56.9 Å². The van der Waals surface area contributed by atoms with Gasteiger partial charge in [-0.2, -0.15) is 64.4 Å². The van der Waals surface area contributed by atoms with Crippen LogP contribution in [0, 0.1) is 17.5 Å². The minimum absolute atomic E-state index is 0. The molecule has 0 bridgehead atoms. The Hall–Kier alpha value is -8.19. The van der Waals surface area contributed by atoms with E-state index >= 15 is 0 Å². The first-order chi connectivity index (χ1) is 46.5. The van der Waals surface area contributed by atoms with Crippen LogP contribution in [0.15, 0.2) is 60.8 Å². The molecule has 12 rings (SSSR count). The molecule has 6 aliphatic rings. The number of hydrogen-bond donors (Lipinski definition) is 5. The predicted octanol–water partition coefficient (Wildman–Crippen LogP) is 14.0. The number of amides is 4. The van der Waals surface area contributed by atoms with E-state index in [0.717, 1.165) is 90.1 Å². The number of ether oxygens (including phenoxy) is 2. The lowest BCUT2D eigenvalue weighted by atomic mass is 9.86. The number of aromatic nitrogens is 6. The van der Waals surface area contributed by atoms with Gasteiger partial charge in [0.05, 0.1) is 53.1 Å². The molecule has 3 fully saturated rings. The van der Waals surface area contributed by atoms with Gasteiger partial charge in [-0.05, 0) is 214 Å². The molecule has 0 atom stereocenters. The van der Waals surface area contributed by atoms with Crippen molar-refractivity contribution in [3.8, 4) is 0 Å². The van der Waals surface area contributed by atoms with Crippen LogP contribution in [0.3, 0.4) is 0 Å². The zero-order valence-electron chi connectivity index (χ0n) is 56.1. The molecule has 9 heterocycles. The number of alkyl halides is 9. The zero-order chi connectivity index (χ0) is 72.4. The monoisotopic (exact) mass is 1490 g/mol. The Bertz CT molecular complexity index is 3820. The largest absolute Gasteiger partial charge is 0.444 e. The Kier molecular flexibility index (Phi) is 29.7. The average Bonchev–Trinajstić information content (AvgIpc) is 1.73. The van der Waals surface area contributed by atoms with Gasteiger partial charge < -0.3 is 39.7 Å². The van der Waals surface area contributed by atoms with Crippen molar-refractivity contribution in [3.63, 3.8) is 0 Å². The number of nitrogens with zero attached hydrogens (tertiary/aromatic N) is 7. The number of nitrogens with one attached hydrogen (secondary N) is 5. The van der Waals surface area contributed by atoms with Crippen molar-refractivity contribution in [2.45, 2.75) is 174 Å². The number of piperidine rings is 3. The Balaban J connectivity index is 0.000000250. The van der Waals surface area contributed by atoms with Crippen molar-refractivity contribution in [1.29, 1.82) is 0 Å². The van der Waals surface area contributed by atoms with Crippen molar-refractivity contribution >= 4 is 55.0 Å². The van der Waals surface area contributed by atoms with Crippen LogP contribution >= 0.6 is 24.8 Å². The van der Waals surface area contributed by atoms with Gasteiger partial charge in [-0.25, -0.2) is 22.8 Å². The van der Waals surface area contributed by atoms with Gasteiger partial charge in [0.15, 0.2) is 11.4 Å². The molecular formula is C68H84Cl2F12N12O8. The van der Waals surface area contributed by atoms with Crippen LogP contribution < -0.4 is 10.6 Å². The van der Waals surface area contributed by atoms with E-state index in [4.69, 9.17) is 19.1 Å². The molecule has 562 valence electrons. The minimum Gasteiger partial charge on any atom is -0.444 e. The molecule has 6 aromatic rings. The second-order valence-corrected chi connectivity index (χ2v) is 26.6. The van der Waals surface area contributed by atoms with E-state index in [1.54, 1.807) is 40.4 Å². The fraction of sp³-hybridized carbons (Fsp3) is 0.529. The van der Waals surface area contributed by atoms with Crippen LogP contribution in [0.25, 0.3) is 0 Å². The van der Waals surface area contributed by atoms with E-state index in [1.807, 2.05) is 27.0 Å². The quantitative estimate of drug-likeness (QED) is 0.101. The number of rotatable bonds is 5. The molecule has 0 spiro atoms. The second kappa shape index (κ2) is 35.8. The topological polar surface area (TPSA) is 244 Å². The molecule has 0 radical (unpaired) electrons. The number of carbonyl (C=O) groups is 4. The summed E-state index contributed by atoms with van der Waals surface area (Å²) in [4.78, 5) is 72.9. The molecule has 5 N–H and O–H groups in total. The van der Waals surface area contributed by atoms with E-state index in [9.17, 15) is 71.9 Å². The molecule has 102 heavy (non-hydrogen) atoms. The van der Waals surface area contributed by atoms with Gasteiger partial charge in [-0.1, -0.05) is 7.43 Å². The third-order valence-corrected chi connectivity index (χ3v) is 17.4. The lowest BCUT2D eigenvalue weighted by Gasteiger charge is -2.33. The van der Waals surface area contributed by atoms with Gasteiger partial charge in [-0.15, -0.1) is 24.8 Å². The highest BCUT2D eigenvalue weighted by Gasteiger charge is 2.41. The number of likely N-dealkylation sites (tertiary alicyclic amines) is 2. The molecule has 0 unspecified atom stereocenters. The fourth-order valence-corrected chi connectivity index (χ4v) is 12.7. The summed E-state index contributed by atoms with van der Waals surface area (Å²) in [6, 6.07) is 7.88. The van der Waals surface area contributed by atoms with Crippen molar-refractivity contribution in [1.82, 2.24) is 60.8 Å². The number of aromatic amines is 3. The van der Waals surface area contributed by atoms with Crippen molar-refractivity contribution < 1.29 is 90.9 Å². The third-order valence-electron chi connectivity index (χ3n) is 17.4. The maximum atomic E-state index is 13.7. The highest BCUT2D eigenvalue weighted by atomic mass is 35.5. The molecule has 20 nitrogen and oxygen atoms in total. The maximum Gasteiger partial charge on any atom is 0.416 e. The summed E-state index contributed by atoms with van der Waals surface area (Å²) in [7, 11) is 0. The third kappa shape index (κ3) is 22.4. The number of benzene rings is 3. The Morgan fingerprint density at radius 2 is 0.853 bits per heavy atom. The van der Waals surface area contributed by atoms with Gasteiger partial charge in [0.1, 0.15) is 28.7 Å². The standard InChI is InChI=1S/C24H28F4N4O3.C19H20F4N4O.C12H13F4N.C11H17N3O2.CO2.CH4.2ClH/c1-23(2,3)35-22(34)32-11-8-16-19(13-32)29-30-20(16)21(33)31-9-6-14(7-10-31)17-12-15(25)4-5-18(17)24(26,27)28;20-12-1-2-15(19(21,22)23)14(9-12)11-4-7-27(8-5-11)18(28)17-13-3-6-24-10-16(13)25-26-17;13-9-1-2-11(12(14,15)16)10(7-9)8-3-5-17-6-4-8;1-11(2,3)16-10(15)14-5-4-8-6-12-13-9(8)7-14;2-1-3;;;/h4-5,12,14H,6-11,13H2,1-3H3,(H,29,30);1-2,9,11,24H,3-8,10H2,(H,25,26);1-2,7-8,17H,3-6H2;6H,4-5,7H2,1-3H3,(H,12,13);;1H4;2*1H. The molecular weight excluding hydrogens is 1410 g/mol. The molecule has 3 saturated heterocycles. The molecule has 0 saturated carbocycles. The number of H-pyrrole nitrogens is 3. The van der Waals surface area contributed by atoms with E-state index in [-0.39, 0.29) is 117 Å². The molecule has 6 aliphatic heterocycles. The number of halogens is 14. The Morgan fingerprint density at radius 1 is 0.480 bits per heavy atom. The van der Waals surface area contributed by atoms with Crippen molar-refractivity contribution in [3.05, 3.63) is 157 Å². The van der Waals surface area contributed by atoms with Crippen molar-refractivity contribution in [2.75, 3.05) is 58.9 Å². The summed E-state index contributed by atoms with van der Waals surface area (Å²) >= 11 is 0. The van der Waals surface area contributed by atoms with Crippen LogP contribution in [0.4, 0.5) is 62.3 Å². The maximum absolute atomic E-state index is 13.7. The first kappa shape index (κ1) is 84.5. The summed E-state index contributed by atoms with van der Waals surface area (Å²) in [6.07, 6.45) is -7.64. The first-order valence-corrected chi connectivity index (χ1v) is 32.2. The summed E-state index contributed by atoms with van der Waals surface area (Å²) in [5.41, 5.74) is 2.70. The van der Waals surface area contributed by atoms with Gasteiger partial charge in [0.2, 0.25) is 0 Å². The van der Waals surface area contributed by atoms with Crippen LogP contribution in [0.2, 0.25) is 0 Å². The lowest BCUT2D eigenvalue weighted by molar-refractivity contribution is -0.191. The normalized spacial score (nSPS) is 16.6. The fourth-order valence-electron chi connectivity index (χ4n) is 12.7. The highest BCUT2D eigenvalue weighted by Crippen LogP contribution is 2.43. The van der Waals surface area contributed by atoms with Gasteiger partial charge in [-0.3, -0.25) is 24.9 Å². The van der Waals surface area contributed by atoms with E-state index in [1.165, 1.54) is 5.56 Å². The summed E-state index contributed by atoms with van der Waals surface area (Å²) in [6.45, 7) is 16.7. The molecule has 4 amide bonds. The zero-order valence-corrected chi connectivity index (χ0v) is 57.7. The van der Waals surface area contributed by atoms with E-state index in [2.05, 4.69) is 41.2 Å². The molecule has 34 heteroatoms. The van der Waals surface area contributed by atoms with Crippen LogP contribution in [-0.4, -0.2) is 150 Å². The smallest absolute Gasteiger partial charge is 0.416 e. The van der Waals surface area contributed by atoms with Crippen LogP contribution in [-0.2, 0) is 76.5 Å². The van der Waals surface area contributed by atoms with E-state index in [0.29, 0.717) is 102 Å². The van der Waals surface area contributed by atoms with Crippen molar-refractivity contribution in [2.24, 2.45) is 0 Å². The molecule has 0 aliphatic carbocycles. The second-order valence-electron chi connectivity index (χ2n) is 26.6. The van der Waals surface area contributed by atoms with Crippen LogP contribution in [0.5, 0.6) is 0 Å². The minimum atomic E-state index is -4.57. The van der Waals surface area contributed by atoms with E-state index < -0.39 is 81.8 Å². The highest BCUT2D eigenvalue weighted by molar-refractivity contribution is 5.95. The molecule has 3 aromatic heterocycles. The number of hydrogen-bond acceptors (Lipinski definition) is 13. The number of fused-ring (bicyclic) bond motifs is 3. The van der Waals surface area contributed by atoms with Gasteiger partial charge >= 0.3 is 36.9 Å². The summed E-state index contributed by atoms with van der Waals surface area (Å²) < 4.78 is 170. The summed E-state index contributed by atoms with van der Waals surface area (Å²) in [5, 5.41) is 27.2. The average molecular weight is 1500 g/mol. The lowest BCUT2D eigenvalue weighted by Crippen LogP contribution is -2.41.